The van der Waals surface area contributed by atoms with Crippen LogP contribution in [0.5, 0.6) is 0 Å². The molecule has 1 aromatic heterocycles. The number of ketones is 1. The lowest BCUT2D eigenvalue weighted by Gasteiger charge is -2.08. The summed E-state index contributed by atoms with van der Waals surface area (Å²) in [7, 11) is 0. The van der Waals surface area contributed by atoms with E-state index in [-0.39, 0.29) is 11.7 Å². The van der Waals surface area contributed by atoms with E-state index in [9.17, 15) is 4.79 Å². The predicted molar refractivity (Wildman–Crippen MR) is 66.8 cm³/mol. The van der Waals surface area contributed by atoms with Crippen LogP contribution < -0.4 is 0 Å². The number of nitrogens with one attached hydrogen (secondary N) is 1. The van der Waals surface area contributed by atoms with Gasteiger partial charge in [-0.05, 0) is 25.5 Å². The lowest BCUT2D eigenvalue weighted by molar-refractivity contribution is 0.0929. The van der Waals surface area contributed by atoms with Gasteiger partial charge in [0.15, 0.2) is 5.78 Å². The molecule has 1 atom stereocenters. The van der Waals surface area contributed by atoms with Gasteiger partial charge in [-0.25, -0.2) is 0 Å². The normalized spacial score (nSPS) is 12.9. The molecular weight excluding hydrogens is 198 g/mol. The van der Waals surface area contributed by atoms with Crippen molar-refractivity contribution >= 4 is 16.7 Å². The van der Waals surface area contributed by atoms with Crippen LogP contribution in [0.1, 0.15) is 36.3 Å². The third kappa shape index (κ3) is 1.75. The van der Waals surface area contributed by atoms with Crippen LogP contribution >= 0.6 is 0 Å². The summed E-state index contributed by atoms with van der Waals surface area (Å²) < 4.78 is 0. The fraction of sp³-hybridized carbons (Fsp3) is 0.357. The molecule has 2 heteroatoms. The van der Waals surface area contributed by atoms with Gasteiger partial charge in [-0.15, -0.1) is 0 Å². The van der Waals surface area contributed by atoms with Gasteiger partial charge in [0.05, 0.1) is 5.52 Å². The summed E-state index contributed by atoms with van der Waals surface area (Å²) in [5, 5.41) is 1.12. The molecule has 0 saturated carbocycles. The molecule has 2 nitrogen and oxygen atoms in total. The zero-order valence-corrected chi connectivity index (χ0v) is 10.0. The molecule has 84 valence electrons. The molecule has 0 saturated heterocycles. The number of fused-ring (bicyclic) bond motifs is 1. The Balaban J connectivity index is 2.55. The number of aryl methyl sites for hydroxylation is 1. The molecule has 1 aromatic carbocycles. The van der Waals surface area contributed by atoms with Crippen molar-refractivity contribution in [3.63, 3.8) is 0 Å². The second kappa shape index (κ2) is 4.12. The SMILES string of the molecule is CCC(C)C(=O)c1cccc2cc(C)[nH]c12. The average molecular weight is 215 g/mol. The quantitative estimate of drug-likeness (QED) is 0.778. The van der Waals surface area contributed by atoms with Crippen molar-refractivity contribution in [1.82, 2.24) is 4.98 Å². The molecule has 1 N–H and O–H groups in total. The average Bonchev–Trinajstić information content (AvgIpc) is 2.66. The summed E-state index contributed by atoms with van der Waals surface area (Å²) in [4.78, 5) is 15.4. The number of para-hydroxylation sites is 1. The molecule has 2 rings (SSSR count). The molecule has 2 aromatic rings. The number of carbonyl (C=O) groups excluding carboxylic acids is 1. The van der Waals surface area contributed by atoms with Gasteiger partial charge in [0.25, 0.3) is 0 Å². The first-order valence-electron chi connectivity index (χ1n) is 5.76. The van der Waals surface area contributed by atoms with Gasteiger partial charge in [-0.2, -0.15) is 0 Å². The Morgan fingerprint density at radius 1 is 1.44 bits per heavy atom. The molecular formula is C14H17NO. The number of hydrogen-bond acceptors (Lipinski definition) is 1. The highest BCUT2D eigenvalue weighted by Gasteiger charge is 2.16. The van der Waals surface area contributed by atoms with Crippen molar-refractivity contribution in [1.29, 1.82) is 0 Å². The summed E-state index contributed by atoms with van der Waals surface area (Å²) in [6.07, 6.45) is 0.884. The second-order valence-corrected chi connectivity index (χ2v) is 4.40. The monoisotopic (exact) mass is 215 g/mol. The standard InChI is InChI=1S/C14H17NO/c1-4-9(2)14(16)12-7-5-6-11-8-10(3)15-13(11)12/h5-9,15H,4H2,1-3H3. The zero-order valence-electron chi connectivity index (χ0n) is 10.0. The zero-order chi connectivity index (χ0) is 11.7. The van der Waals surface area contributed by atoms with E-state index in [0.29, 0.717) is 0 Å². The van der Waals surface area contributed by atoms with Gasteiger partial charge < -0.3 is 4.98 Å². The maximum absolute atomic E-state index is 12.2. The van der Waals surface area contributed by atoms with Crippen LogP contribution in [0.3, 0.4) is 0 Å². The first-order chi connectivity index (χ1) is 7.63. The summed E-state index contributed by atoms with van der Waals surface area (Å²) in [5.74, 6) is 0.323. The Kier molecular flexibility index (Phi) is 2.82. The van der Waals surface area contributed by atoms with Gasteiger partial charge in [0, 0.05) is 22.6 Å². The molecule has 0 radical (unpaired) electrons. The number of H-pyrrole nitrogens is 1. The van der Waals surface area contributed by atoms with Crippen molar-refractivity contribution in [3.8, 4) is 0 Å². The number of carbonyl (C=O) groups is 1. The first-order valence-corrected chi connectivity index (χ1v) is 5.76. The minimum absolute atomic E-state index is 0.0919. The first kappa shape index (κ1) is 10.9. The van der Waals surface area contributed by atoms with E-state index in [0.717, 1.165) is 28.6 Å². The van der Waals surface area contributed by atoms with Crippen molar-refractivity contribution in [3.05, 3.63) is 35.5 Å². The molecule has 0 amide bonds. The molecule has 1 unspecified atom stereocenters. The van der Waals surface area contributed by atoms with Gasteiger partial charge in [0.1, 0.15) is 0 Å². The van der Waals surface area contributed by atoms with Gasteiger partial charge >= 0.3 is 0 Å². The van der Waals surface area contributed by atoms with Crippen LogP contribution in [0.25, 0.3) is 10.9 Å². The van der Waals surface area contributed by atoms with Crippen molar-refractivity contribution in [2.45, 2.75) is 27.2 Å². The fourth-order valence-corrected chi connectivity index (χ4v) is 1.95. The summed E-state index contributed by atoms with van der Waals surface area (Å²) in [5.41, 5.74) is 2.89. The lowest BCUT2D eigenvalue weighted by atomic mass is 9.96. The molecule has 0 bridgehead atoms. The molecule has 0 aliphatic heterocycles. The molecule has 0 aliphatic rings. The molecule has 0 fully saturated rings. The van der Waals surface area contributed by atoms with E-state index in [1.807, 2.05) is 39.0 Å². The third-order valence-electron chi connectivity index (χ3n) is 3.12. The Hall–Kier alpha value is -1.57. The number of Topliss-reactive ketones (excluding diaryl/α,β-unsaturated/α-hetero) is 1. The highest BCUT2D eigenvalue weighted by molar-refractivity contribution is 6.07. The maximum atomic E-state index is 12.2. The second-order valence-electron chi connectivity index (χ2n) is 4.40. The highest BCUT2D eigenvalue weighted by Crippen LogP contribution is 2.22. The highest BCUT2D eigenvalue weighted by atomic mass is 16.1. The molecule has 1 heterocycles. The third-order valence-corrected chi connectivity index (χ3v) is 3.12. The largest absolute Gasteiger partial charge is 0.358 e. The van der Waals surface area contributed by atoms with E-state index >= 15 is 0 Å². The van der Waals surface area contributed by atoms with E-state index in [1.54, 1.807) is 0 Å². The number of benzene rings is 1. The Labute approximate surface area is 95.7 Å². The van der Waals surface area contributed by atoms with E-state index in [2.05, 4.69) is 11.1 Å². The van der Waals surface area contributed by atoms with Gasteiger partial charge in [0.2, 0.25) is 0 Å². The maximum Gasteiger partial charge on any atom is 0.167 e. The van der Waals surface area contributed by atoms with Crippen molar-refractivity contribution in [2.75, 3.05) is 0 Å². The number of aromatic nitrogens is 1. The van der Waals surface area contributed by atoms with Crippen LogP contribution in [-0.2, 0) is 0 Å². The summed E-state index contributed by atoms with van der Waals surface area (Å²) in [6.45, 7) is 6.04. The van der Waals surface area contributed by atoms with E-state index in [1.165, 1.54) is 0 Å². The lowest BCUT2D eigenvalue weighted by Crippen LogP contribution is -2.10. The van der Waals surface area contributed by atoms with Gasteiger partial charge in [-0.3, -0.25) is 4.79 Å². The minimum Gasteiger partial charge on any atom is -0.358 e. The predicted octanol–water partition coefficient (Wildman–Crippen LogP) is 3.71. The van der Waals surface area contributed by atoms with Crippen LogP contribution in [0.2, 0.25) is 0 Å². The number of rotatable bonds is 3. The molecule has 0 spiro atoms. The molecule has 0 aliphatic carbocycles. The van der Waals surface area contributed by atoms with Crippen molar-refractivity contribution in [2.24, 2.45) is 5.92 Å². The van der Waals surface area contributed by atoms with E-state index in [4.69, 9.17) is 0 Å². The molecule has 16 heavy (non-hydrogen) atoms. The van der Waals surface area contributed by atoms with Crippen LogP contribution in [0.15, 0.2) is 24.3 Å². The number of aromatic amines is 1. The van der Waals surface area contributed by atoms with Crippen LogP contribution in [0, 0.1) is 12.8 Å². The van der Waals surface area contributed by atoms with E-state index < -0.39 is 0 Å². The number of hydrogen-bond donors (Lipinski definition) is 1. The Morgan fingerprint density at radius 2 is 2.19 bits per heavy atom. The topological polar surface area (TPSA) is 32.9 Å². The van der Waals surface area contributed by atoms with Gasteiger partial charge in [-0.1, -0.05) is 26.0 Å². The van der Waals surface area contributed by atoms with Crippen molar-refractivity contribution < 1.29 is 4.79 Å². The summed E-state index contributed by atoms with van der Waals surface area (Å²) in [6, 6.07) is 7.97. The minimum atomic E-state index is 0.0919. The van der Waals surface area contributed by atoms with Crippen LogP contribution in [0.4, 0.5) is 0 Å². The van der Waals surface area contributed by atoms with Crippen LogP contribution in [-0.4, -0.2) is 10.8 Å². The summed E-state index contributed by atoms with van der Waals surface area (Å²) >= 11 is 0. The fourth-order valence-electron chi connectivity index (χ4n) is 1.95. The Bertz CT molecular complexity index is 525. The Morgan fingerprint density at radius 3 is 2.88 bits per heavy atom. The smallest absolute Gasteiger partial charge is 0.167 e.